The summed E-state index contributed by atoms with van der Waals surface area (Å²) in [5, 5.41) is 16.8. The molecule has 0 bridgehead atoms. The van der Waals surface area contributed by atoms with Crippen molar-refractivity contribution >= 4 is 39.9 Å². The van der Waals surface area contributed by atoms with E-state index >= 15 is 0 Å². The number of hydrogen-bond donors (Lipinski definition) is 2. The van der Waals surface area contributed by atoms with Gasteiger partial charge in [0.2, 0.25) is 0 Å². The maximum absolute atomic E-state index is 12.9. The first kappa shape index (κ1) is 29.2. The number of ether oxygens (including phenoxy) is 1. The minimum Gasteiger partial charge on any atom is -0.489 e. The molecular weight excluding hydrogens is 507 g/mol. The van der Waals surface area contributed by atoms with E-state index in [4.69, 9.17) is 27.9 Å². The molecule has 0 aliphatic heterocycles. The highest BCUT2D eigenvalue weighted by Crippen LogP contribution is 2.35. The molecule has 0 spiro atoms. The van der Waals surface area contributed by atoms with Crippen LogP contribution in [0.25, 0.3) is 10.8 Å². The summed E-state index contributed by atoms with van der Waals surface area (Å²) in [6, 6.07) is 18.1. The summed E-state index contributed by atoms with van der Waals surface area (Å²) in [5.74, 6) is 0.204. The van der Waals surface area contributed by atoms with Gasteiger partial charge in [0, 0.05) is 25.2 Å². The van der Waals surface area contributed by atoms with E-state index in [0.29, 0.717) is 30.9 Å². The molecule has 200 valence electrons. The number of halogens is 2. The molecule has 37 heavy (non-hydrogen) atoms. The van der Waals surface area contributed by atoms with Crippen molar-refractivity contribution in [2.24, 2.45) is 0 Å². The Labute approximate surface area is 230 Å². The molecule has 5 nitrogen and oxygen atoms in total. The minimum atomic E-state index is -0.753. The number of carbonyl (C=O) groups excluding carboxylic acids is 1. The van der Waals surface area contributed by atoms with Crippen LogP contribution in [0.2, 0.25) is 10.0 Å². The Morgan fingerprint density at radius 2 is 1.68 bits per heavy atom. The third-order valence-electron chi connectivity index (χ3n) is 6.26. The van der Waals surface area contributed by atoms with Gasteiger partial charge in [0.1, 0.15) is 23.5 Å². The highest BCUT2D eigenvalue weighted by Gasteiger charge is 2.22. The van der Waals surface area contributed by atoms with E-state index in [9.17, 15) is 9.90 Å². The first-order valence-corrected chi connectivity index (χ1v) is 13.7. The Bertz CT molecular complexity index is 1190. The maximum Gasteiger partial charge on any atom is 0.255 e. The SMILES string of the molecule is CCCN(CCC)C(=O)c1ccc(OC[C@H](O)CNC(C)(C)Cc2ccc3ccccc3c2)c(Cl)c1Cl. The van der Waals surface area contributed by atoms with Crippen LogP contribution in [-0.2, 0) is 6.42 Å². The van der Waals surface area contributed by atoms with Crippen LogP contribution in [-0.4, -0.2) is 53.8 Å². The first-order chi connectivity index (χ1) is 17.6. The Kier molecular flexibility index (Phi) is 10.7. The van der Waals surface area contributed by atoms with E-state index in [1.165, 1.54) is 16.3 Å². The van der Waals surface area contributed by atoms with Crippen molar-refractivity contribution in [3.8, 4) is 5.75 Å². The van der Waals surface area contributed by atoms with E-state index in [-0.39, 0.29) is 28.1 Å². The fourth-order valence-electron chi connectivity index (χ4n) is 4.39. The van der Waals surface area contributed by atoms with Gasteiger partial charge in [-0.25, -0.2) is 0 Å². The van der Waals surface area contributed by atoms with E-state index < -0.39 is 6.10 Å². The average molecular weight is 546 g/mol. The fraction of sp³-hybridized carbons (Fsp3) is 0.433. The molecule has 1 amide bonds. The predicted octanol–water partition coefficient (Wildman–Crippen LogP) is 6.76. The molecule has 7 heteroatoms. The van der Waals surface area contributed by atoms with Crippen molar-refractivity contribution in [2.75, 3.05) is 26.2 Å². The molecule has 0 aliphatic rings. The van der Waals surface area contributed by atoms with Crippen molar-refractivity contribution in [1.29, 1.82) is 0 Å². The monoisotopic (exact) mass is 544 g/mol. The number of β-amino-alcohol motifs (C(OH)–C–C–N with tert-alkyl or cyclic N) is 1. The summed E-state index contributed by atoms with van der Waals surface area (Å²) in [6.07, 6.45) is 1.79. The highest BCUT2D eigenvalue weighted by atomic mass is 35.5. The Balaban J connectivity index is 1.55. The molecule has 3 aromatic rings. The number of amides is 1. The van der Waals surface area contributed by atoms with Crippen molar-refractivity contribution in [3.63, 3.8) is 0 Å². The lowest BCUT2D eigenvalue weighted by atomic mass is 9.93. The van der Waals surface area contributed by atoms with Crippen LogP contribution >= 0.6 is 23.2 Å². The second kappa shape index (κ2) is 13.5. The van der Waals surface area contributed by atoms with Gasteiger partial charge in [-0.3, -0.25) is 4.79 Å². The summed E-state index contributed by atoms with van der Waals surface area (Å²) in [6.45, 7) is 10.0. The summed E-state index contributed by atoms with van der Waals surface area (Å²) in [5.41, 5.74) is 1.36. The lowest BCUT2D eigenvalue weighted by Crippen LogP contribution is -2.46. The number of benzene rings is 3. The lowest BCUT2D eigenvalue weighted by Gasteiger charge is -2.28. The zero-order chi connectivity index (χ0) is 27.0. The molecule has 0 heterocycles. The van der Waals surface area contributed by atoms with Crippen LogP contribution in [0.15, 0.2) is 54.6 Å². The van der Waals surface area contributed by atoms with Crippen LogP contribution in [0.4, 0.5) is 0 Å². The molecule has 0 aliphatic carbocycles. The van der Waals surface area contributed by atoms with Gasteiger partial charge in [0.25, 0.3) is 5.91 Å². The maximum atomic E-state index is 12.9. The predicted molar refractivity (Wildman–Crippen MR) is 154 cm³/mol. The molecule has 0 aromatic heterocycles. The van der Waals surface area contributed by atoms with E-state index in [0.717, 1.165) is 19.3 Å². The number of carbonyl (C=O) groups is 1. The Hall–Kier alpha value is -2.31. The molecule has 1 atom stereocenters. The second-order valence-electron chi connectivity index (χ2n) is 10.1. The molecule has 0 saturated heterocycles. The molecule has 3 aromatic carbocycles. The molecule has 2 N–H and O–H groups in total. The molecule has 3 rings (SSSR count). The minimum absolute atomic E-state index is 0.0419. The number of hydrogen-bond acceptors (Lipinski definition) is 4. The third kappa shape index (κ3) is 8.08. The number of fused-ring (bicyclic) bond motifs is 1. The van der Waals surface area contributed by atoms with E-state index in [1.54, 1.807) is 17.0 Å². The molecule has 0 saturated carbocycles. The summed E-state index contributed by atoms with van der Waals surface area (Å²) in [7, 11) is 0. The lowest BCUT2D eigenvalue weighted by molar-refractivity contribution is 0.0755. The number of aliphatic hydroxyl groups is 1. The zero-order valence-corrected chi connectivity index (χ0v) is 23.7. The number of nitrogens with one attached hydrogen (secondary N) is 1. The van der Waals surface area contributed by atoms with Crippen molar-refractivity contribution in [3.05, 3.63) is 75.8 Å². The van der Waals surface area contributed by atoms with Crippen LogP contribution in [0.3, 0.4) is 0 Å². The van der Waals surface area contributed by atoms with Crippen molar-refractivity contribution in [1.82, 2.24) is 10.2 Å². The third-order valence-corrected chi connectivity index (χ3v) is 7.12. The smallest absolute Gasteiger partial charge is 0.255 e. The quantitative estimate of drug-likeness (QED) is 0.249. The van der Waals surface area contributed by atoms with Gasteiger partial charge in [0.05, 0.1) is 10.6 Å². The van der Waals surface area contributed by atoms with Gasteiger partial charge in [-0.05, 0) is 61.6 Å². The van der Waals surface area contributed by atoms with Crippen LogP contribution in [0, 0.1) is 0 Å². The zero-order valence-electron chi connectivity index (χ0n) is 22.2. The molecule has 0 radical (unpaired) electrons. The highest BCUT2D eigenvalue weighted by molar-refractivity contribution is 6.44. The molecular formula is C30H38Cl2N2O3. The van der Waals surface area contributed by atoms with Crippen LogP contribution < -0.4 is 10.1 Å². The van der Waals surface area contributed by atoms with Gasteiger partial charge in [-0.2, -0.15) is 0 Å². The first-order valence-electron chi connectivity index (χ1n) is 13.0. The summed E-state index contributed by atoms with van der Waals surface area (Å²) in [4.78, 5) is 14.7. The largest absolute Gasteiger partial charge is 0.489 e. The van der Waals surface area contributed by atoms with Crippen LogP contribution in [0.1, 0.15) is 56.5 Å². The fourth-order valence-corrected chi connectivity index (χ4v) is 4.85. The van der Waals surface area contributed by atoms with Gasteiger partial charge in [0.15, 0.2) is 0 Å². The van der Waals surface area contributed by atoms with Gasteiger partial charge < -0.3 is 20.1 Å². The normalized spacial score (nSPS) is 12.5. The van der Waals surface area contributed by atoms with Crippen LogP contribution in [0.5, 0.6) is 5.75 Å². The van der Waals surface area contributed by atoms with Gasteiger partial charge in [-0.1, -0.05) is 79.5 Å². The second-order valence-corrected chi connectivity index (χ2v) is 10.9. The van der Waals surface area contributed by atoms with Gasteiger partial charge in [-0.15, -0.1) is 0 Å². The number of rotatable bonds is 13. The number of nitrogens with zero attached hydrogens (tertiary/aromatic N) is 1. The van der Waals surface area contributed by atoms with E-state index in [2.05, 4.69) is 49.5 Å². The van der Waals surface area contributed by atoms with Crippen molar-refractivity contribution in [2.45, 2.75) is 58.6 Å². The van der Waals surface area contributed by atoms with Gasteiger partial charge >= 0.3 is 0 Å². The summed E-state index contributed by atoms with van der Waals surface area (Å²) >= 11 is 12.9. The van der Waals surface area contributed by atoms with Crippen molar-refractivity contribution < 1.29 is 14.6 Å². The molecule has 0 fully saturated rings. The van der Waals surface area contributed by atoms with E-state index in [1.807, 2.05) is 26.0 Å². The molecule has 0 unspecified atom stereocenters. The Morgan fingerprint density at radius 1 is 1.00 bits per heavy atom. The standard InChI is InChI=1S/C30H38Cl2N2O3/c1-5-15-34(16-6-2)29(36)25-13-14-26(28(32)27(25)31)37-20-24(35)19-33-30(3,4)18-21-11-12-22-9-7-8-10-23(22)17-21/h7-14,17,24,33,35H,5-6,15-16,18-20H2,1-4H3/t24-/m1/s1. The topological polar surface area (TPSA) is 61.8 Å². The summed E-state index contributed by atoms with van der Waals surface area (Å²) < 4.78 is 5.77. The average Bonchev–Trinajstić information content (AvgIpc) is 2.87. The Morgan fingerprint density at radius 3 is 2.35 bits per heavy atom. The number of aliphatic hydroxyl groups excluding tert-OH is 1.